The fraction of sp³-hybridized carbons (Fsp3) is 0.667. The lowest BCUT2D eigenvalue weighted by Gasteiger charge is -2.29. The molecule has 0 radical (unpaired) electrons. The average molecular weight is 407 g/mol. The Morgan fingerprint density at radius 2 is 1.86 bits per heavy atom. The number of allylic oxidation sites excluding steroid dienone is 5. The van der Waals surface area contributed by atoms with E-state index < -0.39 is 23.1 Å². The van der Waals surface area contributed by atoms with E-state index in [0.29, 0.717) is 19.3 Å². The predicted molar refractivity (Wildman–Crippen MR) is 115 cm³/mol. The van der Waals surface area contributed by atoms with Gasteiger partial charge in [-0.2, -0.15) is 0 Å². The van der Waals surface area contributed by atoms with Gasteiger partial charge in [-0.05, 0) is 60.3 Å². The second-order valence-corrected chi connectivity index (χ2v) is 9.08. The van der Waals surface area contributed by atoms with Gasteiger partial charge in [0.15, 0.2) is 5.78 Å². The largest absolute Gasteiger partial charge is 0.511 e. The monoisotopic (exact) mass is 406 g/mol. The van der Waals surface area contributed by atoms with E-state index in [1.807, 2.05) is 46.8 Å². The van der Waals surface area contributed by atoms with E-state index in [9.17, 15) is 19.8 Å². The number of rotatable bonds is 10. The van der Waals surface area contributed by atoms with E-state index in [1.54, 1.807) is 13.8 Å². The summed E-state index contributed by atoms with van der Waals surface area (Å²) in [6.07, 6.45) is 6.43. The molecule has 5 heteroatoms. The van der Waals surface area contributed by atoms with E-state index in [2.05, 4.69) is 0 Å². The van der Waals surface area contributed by atoms with Gasteiger partial charge < -0.3 is 14.9 Å². The Labute approximate surface area is 175 Å². The molecule has 0 bridgehead atoms. The Balaban J connectivity index is 3.22. The maximum atomic E-state index is 12.9. The first-order chi connectivity index (χ1) is 13.4. The van der Waals surface area contributed by atoms with Gasteiger partial charge in [0.25, 0.3) is 0 Å². The van der Waals surface area contributed by atoms with Crippen molar-refractivity contribution in [2.75, 3.05) is 0 Å². The van der Waals surface area contributed by atoms with Gasteiger partial charge in [-0.3, -0.25) is 9.59 Å². The van der Waals surface area contributed by atoms with Crippen molar-refractivity contribution >= 4 is 11.8 Å². The van der Waals surface area contributed by atoms with E-state index in [4.69, 9.17) is 4.74 Å². The number of aliphatic hydroxyl groups excluding tert-OH is 1. The number of ketones is 1. The number of esters is 1. The molecular weight excluding hydrogens is 368 g/mol. The van der Waals surface area contributed by atoms with Gasteiger partial charge in [0.1, 0.15) is 17.3 Å². The summed E-state index contributed by atoms with van der Waals surface area (Å²) in [4.78, 5) is 25.3. The van der Waals surface area contributed by atoms with Crippen LogP contribution in [0.4, 0.5) is 0 Å². The van der Waals surface area contributed by atoms with Gasteiger partial charge in [-0.1, -0.05) is 37.1 Å². The van der Waals surface area contributed by atoms with Crippen LogP contribution in [0.15, 0.2) is 35.1 Å². The maximum absolute atomic E-state index is 12.9. The number of hydrogen-bond acceptors (Lipinski definition) is 5. The third kappa shape index (κ3) is 6.56. The fourth-order valence-electron chi connectivity index (χ4n) is 3.32. The predicted octanol–water partition coefficient (Wildman–Crippen LogP) is 5.20. The van der Waals surface area contributed by atoms with Crippen LogP contribution >= 0.6 is 0 Å². The lowest BCUT2D eigenvalue weighted by Crippen LogP contribution is -2.39. The maximum Gasteiger partial charge on any atom is 0.320 e. The van der Waals surface area contributed by atoms with Crippen LogP contribution in [-0.4, -0.2) is 33.7 Å². The number of carbonyl (C=O) groups is 2. The second-order valence-electron chi connectivity index (χ2n) is 9.08. The Hall–Kier alpha value is -1.88. The number of ether oxygens (including phenoxy) is 1. The third-order valence-electron chi connectivity index (χ3n) is 5.80. The molecule has 1 heterocycles. The number of cyclic esters (lactones) is 1. The number of hydrogen-bond donors (Lipinski definition) is 2. The molecule has 29 heavy (non-hydrogen) atoms. The molecule has 0 unspecified atom stereocenters. The van der Waals surface area contributed by atoms with Crippen LogP contribution in [0.1, 0.15) is 80.6 Å². The standard InChI is InChI=1S/C24H38O5/c1-8-18(6)19(25)14-20(26)24(13-11-17(4)5)15-21(29-22(24)27)23(7,28)12-9-10-16(2)3/h10-11,14,18,21,26,28H,8-9,12-13,15H2,1-7H3/b20-14-/t18-,21+,23-,24-/m1/s1. The van der Waals surface area contributed by atoms with Crippen LogP contribution in [0.2, 0.25) is 0 Å². The minimum absolute atomic E-state index is 0.132. The molecule has 1 saturated heterocycles. The molecule has 4 atom stereocenters. The number of aliphatic hydroxyl groups is 2. The lowest BCUT2D eigenvalue weighted by molar-refractivity contribution is -0.156. The summed E-state index contributed by atoms with van der Waals surface area (Å²) in [6.45, 7) is 13.1. The van der Waals surface area contributed by atoms with E-state index >= 15 is 0 Å². The van der Waals surface area contributed by atoms with Crippen LogP contribution in [0.25, 0.3) is 0 Å². The van der Waals surface area contributed by atoms with E-state index in [0.717, 1.165) is 11.1 Å². The van der Waals surface area contributed by atoms with Gasteiger partial charge in [0, 0.05) is 18.4 Å². The molecule has 2 N–H and O–H groups in total. The Morgan fingerprint density at radius 3 is 2.38 bits per heavy atom. The number of carbonyl (C=O) groups excluding carboxylic acids is 2. The molecule has 0 aromatic heterocycles. The molecule has 164 valence electrons. The molecule has 0 aliphatic carbocycles. The minimum atomic E-state index is -1.34. The quantitative estimate of drug-likeness (QED) is 0.225. The van der Waals surface area contributed by atoms with Crippen molar-refractivity contribution in [2.45, 2.75) is 92.3 Å². The molecule has 1 aliphatic heterocycles. The van der Waals surface area contributed by atoms with Crippen LogP contribution < -0.4 is 0 Å². The van der Waals surface area contributed by atoms with E-state index in [1.165, 1.54) is 6.08 Å². The van der Waals surface area contributed by atoms with Crippen LogP contribution in [0, 0.1) is 11.3 Å². The molecule has 1 fully saturated rings. The van der Waals surface area contributed by atoms with Crippen LogP contribution in [-0.2, 0) is 14.3 Å². The normalized spacial score (nSPS) is 25.0. The van der Waals surface area contributed by atoms with Gasteiger partial charge in [-0.15, -0.1) is 0 Å². The summed E-state index contributed by atoms with van der Waals surface area (Å²) in [7, 11) is 0. The van der Waals surface area contributed by atoms with Crippen molar-refractivity contribution in [1.29, 1.82) is 0 Å². The Morgan fingerprint density at radius 1 is 1.28 bits per heavy atom. The van der Waals surface area contributed by atoms with Gasteiger partial charge in [-0.25, -0.2) is 0 Å². The van der Waals surface area contributed by atoms with Crippen molar-refractivity contribution in [3.8, 4) is 0 Å². The summed E-state index contributed by atoms with van der Waals surface area (Å²) in [5.74, 6) is -1.31. The molecule has 1 rings (SSSR count). The SMILES string of the molecule is CC[C@@H](C)C(=O)/C=C(\O)[C@@]1(CC=C(C)C)C[C@@H]([C@](C)(O)CCC=C(C)C)OC1=O. The summed E-state index contributed by atoms with van der Waals surface area (Å²) in [5.41, 5.74) is -0.413. The highest BCUT2D eigenvalue weighted by Gasteiger charge is 2.56. The second kappa shape index (κ2) is 10.2. The lowest BCUT2D eigenvalue weighted by atomic mass is 9.75. The molecule has 0 aromatic carbocycles. The fourth-order valence-corrected chi connectivity index (χ4v) is 3.32. The van der Waals surface area contributed by atoms with Crippen molar-refractivity contribution in [3.05, 3.63) is 35.1 Å². The highest BCUT2D eigenvalue weighted by Crippen LogP contribution is 2.46. The van der Waals surface area contributed by atoms with Crippen molar-refractivity contribution in [1.82, 2.24) is 0 Å². The smallest absolute Gasteiger partial charge is 0.320 e. The van der Waals surface area contributed by atoms with Crippen molar-refractivity contribution < 1.29 is 24.5 Å². The zero-order valence-electron chi connectivity index (χ0n) is 19.0. The summed E-state index contributed by atoms with van der Waals surface area (Å²) in [6, 6.07) is 0. The van der Waals surface area contributed by atoms with E-state index in [-0.39, 0.29) is 30.3 Å². The summed E-state index contributed by atoms with van der Waals surface area (Å²) in [5, 5.41) is 21.8. The summed E-state index contributed by atoms with van der Waals surface area (Å²) < 4.78 is 5.57. The molecule has 0 amide bonds. The highest BCUT2D eigenvalue weighted by atomic mass is 16.6. The topological polar surface area (TPSA) is 83.8 Å². The molecule has 0 aromatic rings. The molecule has 5 nitrogen and oxygen atoms in total. The first-order valence-corrected chi connectivity index (χ1v) is 10.5. The Kier molecular flexibility index (Phi) is 8.88. The van der Waals surface area contributed by atoms with Gasteiger partial charge in [0.2, 0.25) is 0 Å². The van der Waals surface area contributed by atoms with Crippen molar-refractivity contribution in [2.24, 2.45) is 11.3 Å². The minimum Gasteiger partial charge on any atom is -0.511 e. The molecule has 0 saturated carbocycles. The van der Waals surface area contributed by atoms with Gasteiger partial charge >= 0.3 is 5.97 Å². The average Bonchev–Trinajstić information content (AvgIpc) is 2.97. The molecule has 0 spiro atoms. The summed E-state index contributed by atoms with van der Waals surface area (Å²) >= 11 is 0. The highest BCUT2D eigenvalue weighted by molar-refractivity contribution is 5.93. The Bertz CT molecular complexity index is 690. The van der Waals surface area contributed by atoms with Crippen LogP contribution in [0.5, 0.6) is 0 Å². The zero-order chi connectivity index (χ0) is 22.4. The van der Waals surface area contributed by atoms with Gasteiger partial charge in [0.05, 0.1) is 5.60 Å². The molecular formula is C24H38O5. The zero-order valence-corrected chi connectivity index (χ0v) is 19.0. The first kappa shape index (κ1) is 25.2. The molecule has 1 aliphatic rings. The van der Waals surface area contributed by atoms with Crippen molar-refractivity contribution in [3.63, 3.8) is 0 Å². The third-order valence-corrected chi connectivity index (χ3v) is 5.80. The van der Waals surface area contributed by atoms with Crippen LogP contribution in [0.3, 0.4) is 0 Å². The first-order valence-electron chi connectivity index (χ1n) is 10.5.